The summed E-state index contributed by atoms with van der Waals surface area (Å²) in [5.41, 5.74) is 30.2. The van der Waals surface area contributed by atoms with Crippen molar-refractivity contribution in [2.45, 2.75) is 216 Å². The predicted octanol–water partition coefficient (Wildman–Crippen LogP) is 40.0. The molecule has 18 aromatic carbocycles. The standard InChI is InChI=1S/2C24H21N.2C22H19N.C21H15N.10C2H6/c1-24(2)20-12-16-8-4-6-10-18(16)14-22(20)25(3)23-15-19-11-7-5-9-17(19)13-21(23)24;1-24(2)22-18-10-6-4-8-16(18)12-14-20(22)25(3)21-15-13-17-9-5-7-11-19(17)23(21)24;1-22(2)18-10-6-4-8-14(18)16-13-21-17(12-19(16)22)15-9-5-7-11-20(15)23(21)3;1-22(2)16-10-6-4-8-14(16)20-17(22)12-13-19-21(20)15-9-5-7-11-18(15)23(19)3;1-22-19-9-5-4-8-17(19)21-18-13-15-7-3-2-6-14(15)12-16(18)10-11-20(21)22;10*1-2/h2*4-15H,1-3H3;2*4-13H,1-3H3;2-13H,1H3;10*1-2H3. The largest absolute Gasteiger partial charge is 0.344 e. The van der Waals surface area contributed by atoms with Gasteiger partial charge in [-0.15, -0.1) is 0 Å². The van der Waals surface area contributed by atoms with Gasteiger partial charge in [-0.3, -0.25) is 0 Å². The van der Waals surface area contributed by atoms with E-state index < -0.39 is 0 Å². The van der Waals surface area contributed by atoms with Crippen molar-refractivity contribution >= 4 is 153 Å². The second-order valence-corrected chi connectivity index (χ2v) is 35.4. The SMILES string of the molecule is CC.CC.CC.CC.CC.CC.CC.CC.CC.CC.CN1c2cc3ccccc3cc2C(C)(C)c2cc3ccccc3cc21.CN1c2ccc3ccccc3c2C(C)(C)c2c1ccc1ccccc21.Cn1c2ccccc2c2c3c(ccc21)C(C)(C)c1ccccc1-3.Cn1c2ccccc2c2c3cc4ccccc4cc3ccc21.Cn1c2ccccc2c2cc3c(cc21)-c1ccccc1C3(C)C. The number of nitrogens with zero attached hydrogens (tertiary/aromatic N) is 5. The van der Waals surface area contributed by atoms with Crippen molar-refractivity contribution in [2.24, 2.45) is 21.1 Å². The van der Waals surface area contributed by atoms with Crippen LogP contribution in [0.4, 0.5) is 22.7 Å². The molecular weight excluding hydrogens is 1670 g/mol. The molecule has 5 heterocycles. The van der Waals surface area contributed by atoms with Crippen molar-refractivity contribution in [3.8, 4) is 22.3 Å². The monoisotopic (exact) mass is 1820 g/mol. The van der Waals surface area contributed by atoms with Gasteiger partial charge in [0.1, 0.15) is 0 Å². The Hall–Kier alpha value is -13.5. The van der Waals surface area contributed by atoms with Crippen LogP contribution < -0.4 is 9.80 Å². The number of aryl methyl sites for hydroxylation is 3. The molecule has 2 aliphatic carbocycles. The fourth-order valence-corrected chi connectivity index (χ4v) is 21.4. The Morgan fingerprint density at radius 1 is 0.167 bits per heavy atom. The van der Waals surface area contributed by atoms with Crippen LogP contribution in [0, 0.1) is 0 Å². The van der Waals surface area contributed by atoms with Gasteiger partial charge in [0.05, 0.1) is 0 Å². The number of benzene rings is 18. The minimum Gasteiger partial charge on any atom is -0.344 e. The molecule has 138 heavy (non-hydrogen) atoms. The highest BCUT2D eigenvalue weighted by molar-refractivity contribution is 6.23. The van der Waals surface area contributed by atoms with Crippen LogP contribution in [0.15, 0.2) is 340 Å². The molecule has 0 fully saturated rings. The number of para-hydroxylation sites is 3. The molecule has 3 aromatic heterocycles. The van der Waals surface area contributed by atoms with Crippen LogP contribution in [0.5, 0.6) is 0 Å². The minimum absolute atomic E-state index is 0.0226. The summed E-state index contributed by atoms with van der Waals surface area (Å²) in [7, 11) is 10.9. The van der Waals surface area contributed by atoms with Gasteiger partial charge in [0.15, 0.2) is 0 Å². The van der Waals surface area contributed by atoms with Gasteiger partial charge in [0.25, 0.3) is 0 Å². The van der Waals surface area contributed by atoms with E-state index in [9.17, 15) is 0 Å². The number of aromatic nitrogens is 3. The number of hydrogen-bond donors (Lipinski definition) is 0. The summed E-state index contributed by atoms with van der Waals surface area (Å²) in [6, 6.07) is 124. The molecule has 712 valence electrons. The average molecular weight is 1820 g/mol. The summed E-state index contributed by atoms with van der Waals surface area (Å²) >= 11 is 0. The maximum Gasteiger partial charge on any atom is 0.0495 e. The van der Waals surface area contributed by atoms with Gasteiger partial charge in [0.2, 0.25) is 0 Å². The summed E-state index contributed by atoms with van der Waals surface area (Å²) in [6.07, 6.45) is 0. The van der Waals surface area contributed by atoms with Crippen LogP contribution in [-0.2, 0) is 42.8 Å². The lowest BCUT2D eigenvalue weighted by atomic mass is 9.70. The molecule has 0 radical (unpaired) electrons. The van der Waals surface area contributed by atoms with Gasteiger partial charge in [-0.1, -0.05) is 443 Å². The lowest BCUT2D eigenvalue weighted by Crippen LogP contribution is -2.31. The fourth-order valence-electron chi connectivity index (χ4n) is 21.4. The van der Waals surface area contributed by atoms with E-state index in [1.165, 1.54) is 220 Å². The third kappa shape index (κ3) is 18.5. The maximum absolute atomic E-state index is 2.42. The Morgan fingerprint density at radius 2 is 0.486 bits per heavy atom. The first-order chi connectivity index (χ1) is 67.2. The van der Waals surface area contributed by atoms with Crippen LogP contribution in [0.2, 0.25) is 0 Å². The Morgan fingerprint density at radius 3 is 0.957 bits per heavy atom. The summed E-state index contributed by atoms with van der Waals surface area (Å²) in [6.45, 7) is 58.8. The number of fused-ring (bicyclic) bond motifs is 29. The second-order valence-electron chi connectivity index (χ2n) is 35.4. The molecule has 21 aromatic rings. The molecule has 0 spiro atoms. The Bertz CT molecular complexity index is 7580. The van der Waals surface area contributed by atoms with Crippen molar-refractivity contribution in [3.05, 3.63) is 384 Å². The van der Waals surface area contributed by atoms with Crippen molar-refractivity contribution in [2.75, 3.05) is 23.9 Å². The molecule has 5 nitrogen and oxygen atoms in total. The van der Waals surface area contributed by atoms with Crippen molar-refractivity contribution in [1.82, 2.24) is 13.7 Å². The van der Waals surface area contributed by atoms with Crippen molar-refractivity contribution < 1.29 is 0 Å². The molecule has 5 heteroatoms. The van der Waals surface area contributed by atoms with Gasteiger partial charge in [-0.05, 0) is 222 Å². The third-order valence-electron chi connectivity index (χ3n) is 27.6. The third-order valence-corrected chi connectivity index (χ3v) is 27.6. The Labute approximate surface area is 827 Å². The van der Waals surface area contributed by atoms with E-state index in [4.69, 9.17) is 0 Å². The lowest BCUT2D eigenvalue weighted by Gasteiger charge is -2.42. The molecule has 0 unspecified atom stereocenters. The highest BCUT2D eigenvalue weighted by Gasteiger charge is 2.41. The van der Waals surface area contributed by atoms with Gasteiger partial charge in [-0.2, -0.15) is 0 Å². The van der Waals surface area contributed by atoms with E-state index in [-0.39, 0.29) is 21.7 Å². The van der Waals surface area contributed by atoms with E-state index in [2.05, 4.69) is 454 Å². The van der Waals surface area contributed by atoms with E-state index in [1.54, 1.807) is 0 Å². The van der Waals surface area contributed by atoms with E-state index in [0.29, 0.717) is 0 Å². The van der Waals surface area contributed by atoms with Crippen LogP contribution in [-0.4, -0.2) is 27.8 Å². The summed E-state index contributed by atoms with van der Waals surface area (Å²) in [5, 5.41) is 24.0. The highest BCUT2D eigenvalue weighted by Crippen LogP contribution is 2.57. The first kappa shape index (κ1) is 105. The number of anilines is 4. The van der Waals surface area contributed by atoms with E-state index in [1.807, 2.05) is 138 Å². The topological polar surface area (TPSA) is 21.3 Å². The van der Waals surface area contributed by atoms with Crippen molar-refractivity contribution in [1.29, 1.82) is 0 Å². The van der Waals surface area contributed by atoms with Crippen LogP contribution in [0.25, 0.3) is 152 Å². The zero-order valence-corrected chi connectivity index (χ0v) is 89.6. The molecule has 0 bridgehead atoms. The van der Waals surface area contributed by atoms with Crippen molar-refractivity contribution in [3.63, 3.8) is 0 Å². The maximum atomic E-state index is 2.42. The molecular formula is C133H155N5. The molecule has 0 amide bonds. The average Bonchev–Trinajstić information content (AvgIpc) is 1.10. The van der Waals surface area contributed by atoms with Gasteiger partial charge in [0, 0.05) is 145 Å². The zero-order chi connectivity index (χ0) is 101. The van der Waals surface area contributed by atoms with Crippen LogP contribution >= 0.6 is 0 Å². The van der Waals surface area contributed by atoms with Crippen LogP contribution in [0.1, 0.15) is 238 Å². The van der Waals surface area contributed by atoms with E-state index in [0.717, 1.165) is 0 Å². The molecule has 0 atom stereocenters. The van der Waals surface area contributed by atoms with Crippen LogP contribution in [0.3, 0.4) is 0 Å². The first-order valence-electron chi connectivity index (χ1n) is 51.8. The molecule has 0 saturated carbocycles. The second kappa shape index (κ2) is 45.7. The molecule has 2 aliphatic heterocycles. The summed E-state index contributed by atoms with van der Waals surface area (Å²) in [4.78, 5) is 4.71. The van der Waals surface area contributed by atoms with E-state index >= 15 is 0 Å². The highest BCUT2D eigenvalue weighted by atomic mass is 15.1. The fraction of sp³-hybridized carbons (Fsp3) is 0.278. The minimum atomic E-state index is -0.0566. The molecule has 25 rings (SSSR count). The predicted molar refractivity (Wildman–Crippen MR) is 621 cm³/mol. The Balaban J connectivity index is 0.000000158. The van der Waals surface area contributed by atoms with Gasteiger partial charge in [-0.25, -0.2) is 0 Å². The Kier molecular flexibility index (Phi) is 34.7. The quantitative estimate of drug-likeness (QED) is 0.141. The lowest BCUT2D eigenvalue weighted by molar-refractivity contribution is 0.631. The normalized spacial score (nSPS) is 12.9. The number of rotatable bonds is 0. The smallest absolute Gasteiger partial charge is 0.0495 e. The van der Waals surface area contributed by atoms with Gasteiger partial charge < -0.3 is 23.5 Å². The zero-order valence-electron chi connectivity index (χ0n) is 89.6. The molecule has 0 N–H and O–H groups in total. The number of hydrogen-bond acceptors (Lipinski definition) is 2. The first-order valence-corrected chi connectivity index (χ1v) is 51.8. The molecule has 4 aliphatic rings. The summed E-state index contributed by atoms with van der Waals surface area (Å²) < 4.78 is 6.93. The van der Waals surface area contributed by atoms with Gasteiger partial charge >= 0.3 is 0 Å². The molecule has 0 saturated heterocycles. The summed E-state index contributed by atoms with van der Waals surface area (Å²) in [5.74, 6) is 0.